The summed E-state index contributed by atoms with van der Waals surface area (Å²) >= 11 is 5.68. The SMILES string of the molecule is C=C(Cc1ccc(O)c(Cl)c1)C(N)=O.C=CC(=O)[O-].C=CC(=O)[O-].[Zn+2]. The van der Waals surface area contributed by atoms with Gasteiger partial charge in [-0.05, 0) is 29.8 Å². The first kappa shape index (κ1) is 27.4. The average molecular weight is 419 g/mol. The molecule has 0 saturated carbocycles. The molecule has 25 heavy (non-hydrogen) atoms. The van der Waals surface area contributed by atoms with Crippen molar-refractivity contribution in [2.75, 3.05) is 0 Å². The molecule has 0 aliphatic rings. The van der Waals surface area contributed by atoms with Crippen LogP contribution in [0.3, 0.4) is 0 Å². The number of aromatic hydroxyl groups is 1. The van der Waals surface area contributed by atoms with Crippen LogP contribution < -0.4 is 15.9 Å². The molecule has 0 fully saturated rings. The fraction of sp³-hybridized carbons (Fsp3) is 0.0625. The van der Waals surface area contributed by atoms with Crippen LogP contribution in [0, 0.1) is 0 Å². The first-order valence-corrected chi connectivity index (χ1v) is 6.54. The predicted octanol–water partition coefficient (Wildman–Crippen LogP) is -0.528. The van der Waals surface area contributed by atoms with E-state index in [-0.39, 0.29) is 30.3 Å². The number of halogens is 1. The van der Waals surface area contributed by atoms with E-state index in [9.17, 15) is 4.79 Å². The molecule has 1 aromatic carbocycles. The minimum Gasteiger partial charge on any atom is -0.545 e. The number of phenolic OH excluding ortho intramolecular Hbond substituents is 1. The van der Waals surface area contributed by atoms with E-state index in [4.69, 9.17) is 42.2 Å². The fourth-order valence-electron chi connectivity index (χ4n) is 0.994. The van der Waals surface area contributed by atoms with Crippen LogP contribution in [0.4, 0.5) is 0 Å². The summed E-state index contributed by atoms with van der Waals surface area (Å²) in [6.45, 7) is 9.32. The number of rotatable bonds is 5. The Labute approximate surface area is 162 Å². The van der Waals surface area contributed by atoms with Crippen molar-refractivity contribution >= 4 is 29.4 Å². The number of carbonyl (C=O) groups excluding carboxylic acids is 3. The molecule has 0 aliphatic carbocycles. The monoisotopic (exact) mass is 417 g/mol. The Bertz CT molecular complexity index is 628. The second-order valence-electron chi connectivity index (χ2n) is 3.98. The Morgan fingerprint density at radius 1 is 1.16 bits per heavy atom. The smallest absolute Gasteiger partial charge is 0.545 e. The molecule has 0 aliphatic heterocycles. The summed E-state index contributed by atoms with van der Waals surface area (Å²) in [5, 5.41) is 27.7. The maximum atomic E-state index is 10.7. The molecule has 1 aromatic rings. The summed E-state index contributed by atoms with van der Waals surface area (Å²) in [5.74, 6) is -2.98. The van der Waals surface area contributed by atoms with Gasteiger partial charge in [0.1, 0.15) is 5.75 Å². The minimum atomic E-state index is -1.23. The molecular weight excluding hydrogens is 403 g/mol. The van der Waals surface area contributed by atoms with Crippen molar-refractivity contribution in [3.8, 4) is 5.75 Å². The van der Waals surface area contributed by atoms with Gasteiger partial charge in [-0.15, -0.1) is 0 Å². The Hall–Kier alpha value is -2.44. The van der Waals surface area contributed by atoms with Gasteiger partial charge in [0.2, 0.25) is 5.91 Å². The Balaban J connectivity index is -0.000000368. The molecule has 0 spiro atoms. The number of carbonyl (C=O) groups is 3. The van der Waals surface area contributed by atoms with Crippen LogP contribution in [0.5, 0.6) is 5.75 Å². The van der Waals surface area contributed by atoms with E-state index in [0.29, 0.717) is 12.0 Å². The van der Waals surface area contributed by atoms with Crippen LogP contribution in [-0.2, 0) is 40.3 Å². The van der Waals surface area contributed by atoms with Gasteiger partial charge in [0.15, 0.2) is 0 Å². The van der Waals surface area contributed by atoms with Crippen LogP contribution >= 0.6 is 11.6 Å². The number of phenols is 1. The number of nitrogens with two attached hydrogens (primary N) is 1. The molecule has 0 bridgehead atoms. The molecule has 130 valence electrons. The second-order valence-corrected chi connectivity index (χ2v) is 4.38. The molecular formula is C16H16ClNO6Zn. The van der Waals surface area contributed by atoms with Crippen molar-refractivity contribution in [1.82, 2.24) is 0 Å². The summed E-state index contributed by atoms with van der Waals surface area (Å²) in [4.78, 5) is 29.0. The summed E-state index contributed by atoms with van der Waals surface area (Å²) in [5.41, 5.74) is 6.13. The Morgan fingerprint density at radius 2 is 1.56 bits per heavy atom. The number of amides is 1. The number of benzene rings is 1. The molecule has 0 heterocycles. The molecule has 7 nitrogen and oxygen atoms in total. The first-order valence-electron chi connectivity index (χ1n) is 6.16. The van der Waals surface area contributed by atoms with Crippen molar-refractivity contribution in [3.63, 3.8) is 0 Å². The van der Waals surface area contributed by atoms with Crippen LogP contribution in [0.1, 0.15) is 5.56 Å². The molecule has 0 radical (unpaired) electrons. The summed E-state index contributed by atoms with van der Waals surface area (Å²) < 4.78 is 0. The number of primary amides is 1. The molecule has 0 atom stereocenters. The van der Waals surface area contributed by atoms with Crippen molar-refractivity contribution in [1.29, 1.82) is 0 Å². The van der Waals surface area contributed by atoms with Crippen molar-refractivity contribution < 1.29 is 49.2 Å². The maximum Gasteiger partial charge on any atom is 2.00 e. The van der Waals surface area contributed by atoms with Crippen LogP contribution in [0.25, 0.3) is 0 Å². The van der Waals surface area contributed by atoms with E-state index in [1.165, 1.54) is 6.07 Å². The van der Waals surface area contributed by atoms with Crippen molar-refractivity contribution in [2.24, 2.45) is 5.73 Å². The van der Waals surface area contributed by atoms with E-state index < -0.39 is 17.8 Å². The van der Waals surface area contributed by atoms with E-state index >= 15 is 0 Å². The van der Waals surface area contributed by atoms with Gasteiger partial charge in [-0.25, -0.2) is 0 Å². The van der Waals surface area contributed by atoms with Gasteiger partial charge in [-0.3, -0.25) is 4.79 Å². The van der Waals surface area contributed by atoms with Gasteiger partial charge in [0, 0.05) is 12.0 Å². The molecule has 9 heteroatoms. The van der Waals surface area contributed by atoms with Gasteiger partial charge in [-0.2, -0.15) is 0 Å². The molecule has 0 saturated heterocycles. The summed E-state index contributed by atoms with van der Waals surface area (Å²) in [6.07, 6.45) is 1.79. The van der Waals surface area contributed by atoms with E-state index in [0.717, 1.165) is 17.7 Å². The fourth-order valence-corrected chi connectivity index (χ4v) is 1.20. The number of carboxylic acids is 2. The first-order chi connectivity index (χ1) is 11.0. The zero-order valence-electron chi connectivity index (χ0n) is 13.4. The predicted molar refractivity (Wildman–Crippen MR) is 85.6 cm³/mol. The van der Waals surface area contributed by atoms with Crippen LogP contribution in [0.15, 0.2) is 55.7 Å². The molecule has 3 N–H and O–H groups in total. The van der Waals surface area contributed by atoms with E-state index in [1.807, 2.05) is 0 Å². The largest absolute Gasteiger partial charge is 2.00 e. The topological polar surface area (TPSA) is 144 Å². The summed E-state index contributed by atoms with van der Waals surface area (Å²) in [7, 11) is 0. The van der Waals surface area contributed by atoms with Crippen LogP contribution in [-0.4, -0.2) is 23.0 Å². The Morgan fingerprint density at radius 3 is 1.84 bits per heavy atom. The standard InChI is InChI=1S/C10H10ClNO2.2C3H4O2.Zn/c1-6(10(12)14)4-7-2-3-9(13)8(11)5-7;2*1-2-3(4)5;/h2-3,5,13H,1,4H2,(H2,12,14);2*2H,1H2,(H,4,5);/q;;;+2/p-2. The van der Waals surface area contributed by atoms with Gasteiger partial charge in [-0.1, -0.05) is 37.4 Å². The molecule has 0 aromatic heterocycles. The molecule has 1 rings (SSSR count). The number of carboxylic acid groups (broad SMARTS) is 2. The van der Waals surface area contributed by atoms with E-state index in [1.54, 1.807) is 12.1 Å². The third kappa shape index (κ3) is 16.2. The number of hydrogen-bond acceptors (Lipinski definition) is 6. The van der Waals surface area contributed by atoms with E-state index in [2.05, 4.69) is 19.7 Å². The third-order valence-electron chi connectivity index (χ3n) is 2.11. The molecule has 1 amide bonds. The normalized spacial score (nSPS) is 8.04. The minimum absolute atomic E-state index is 0. The maximum absolute atomic E-state index is 10.7. The van der Waals surface area contributed by atoms with Gasteiger partial charge in [0.05, 0.1) is 17.0 Å². The zero-order valence-corrected chi connectivity index (χ0v) is 17.1. The van der Waals surface area contributed by atoms with Gasteiger partial charge in [0.25, 0.3) is 0 Å². The van der Waals surface area contributed by atoms with Crippen LogP contribution in [0.2, 0.25) is 5.02 Å². The Kier molecular flexibility index (Phi) is 16.6. The zero-order chi connectivity index (χ0) is 19.3. The quantitative estimate of drug-likeness (QED) is 0.485. The number of hydrogen-bond donors (Lipinski definition) is 2. The average Bonchev–Trinajstić information content (AvgIpc) is 2.51. The van der Waals surface area contributed by atoms with Crippen molar-refractivity contribution in [2.45, 2.75) is 6.42 Å². The second kappa shape index (κ2) is 15.1. The number of aliphatic carboxylic acids is 2. The van der Waals surface area contributed by atoms with Gasteiger partial charge >= 0.3 is 19.5 Å². The third-order valence-corrected chi connectivity index (χ3v) is 2.41. The van der Waals surface area contributed by atoms with Crippen molar-refractivity contribution in [3.05, 3.63) is 66.2 Å². The summed E-state index contributed by atoms with van der Waals surface area (Å²) in [6, 6.07) is 4.70. The van der Waals surface area contributed by atoms with Gasteiger partial charge < -0.3 is 30.6 Å². The molecule has 0 unspecified atom stereocenters.